The number of piperazine rings is 1. The van der Waals surface area contributed by atoms with E-state index in [0.717, 1.165) is 73.4 Å². The molecule has 1 saturated heterocycles. The number of anilines is 1. The van der Waals surface area contributed by atoms with Gasteiger partial charge in [0.2, 0.25) is 0 Å². The smallest absolute Gasteiger partial charge is 0.339 e. The van der Waals surface area contributed by atoms with Gasteiger partial charge in [-0.2, -0.15) is 0 Å². The highest BCUT2D eigenvalue weighted by atomic mass is 32.1. The first-order valence-electron chi connectivity index (χ1n) is 15.7. The number of allylic oxidation sites excluding steroid dienone is 1. The summed E-state index contributed by atoms with van der Waals surface area (Å²) in [6.07, 6.45) is 6.73. The van der Waals surface area contributed by atoms with Crippen LogP contribution in [-0.2, 0) is 0 Å². The molecule has 4 heterocycles. The number of carboxylic acid groups (broad SMARTS) is 1. The molecule has 2 aliphatic rings. The first-order chi connectivity index (χ1) is 22.2. The molecule has 0 saturated carbocycles. The van der Waals surface area contributed by atoms with E-state index in [4.69, 9.17) is 4.74 Å². The fourth-order valence-electron chi connectivity index (χ4n) is 6.56. The van der Waals surface area contributed by atoms with Crippen molar-refractivity contribution in [2.45, 2.75) is 33.1 Å². The van der Waals surface area contributed by atoms with E-state index in [9.17, 15) is 14.3 Å². The molecule has 7 rings (SSSR count). The van der Waals surface area contributed by atoms with Gasteiger partial charge in [0.25, 0.3) is 0 Å². The zero-order valence-electron chi connectivity index (χ0n) is 26.1. The number of nitrogens with zero attached hydrogens (tertiary/aromatic N) is 3. The molecule has 0 amide bonds. The third kappa shape index (κ3) is 6.43. The fourth-order valence-corrected chi connectivity index (χ4v) is 7.57. The molecule has 3 aromatic heterocycles. The van der Waals surface area contributed by atoms with Gasteiger partial charge in [0, 0.05) is 60.9 Å². The number of nitrogens with one attached hydrogen (secondary N) is 1. The summed E-state index contributed by atoms with van der Waals surface area (Å²) in [6, 6.07) is 18.1. The van der Waals surface area contributed by atoms with E-state index >= 15 is 0 Å². The molecule has 2 aromatic carbocycles. The molecule has 0 bridgehead atoms. The van der Waals surface area contributed by atoms with Gasteiger partial charge in [0.15, 0.2) is 0 Å². The highest BCUT2D eigenvalue weighted by Crippen LogP contribution is 2.45. The van der Waals surface area contributed by atoms with Gasteiger partial charge in [-0.15, -0.1) is 11.3 Å². The summed E-state index contributed by atoms with van der Waals surface area (Å²) >= 11 is 1.79. The number of hydrogen-bond donors (Lipinski definition) is 2. The van der Waals surface area contributed by atoms with E-state index < -0.39 is 5.97 Å². The van der Waals surface area contributed by atoms with Crippen molar-refractivity contribution < 1.29 is 19.0 Å². The Hall–Kier alpha value is -4.47. The minimum atomic E-state index is -1.03. The highest BCUT2D eigenvalue weighted by molar-refractivity contribution is 7.11. The van der Waals surface area contributed by atoms with Crippen molar-refractivity contribution in [2.75, 3.05) is 37.6 Å². The first kappa shape index (κ1) is 30.2. The Labute approximate surface area is 272 Å². The van der Waals surface area contributed by atoms with Crippen LogP contribution in [0.1, 0.15) is 48.3 Å². The van der Waals surface area contributed by atoms with Crippen LogP contribution in [-0.4, -0.2) is 58.7 Å². The molecular weight excluding hydrogens is 599 g/mol. The zero-order chi connectivity index (χ0) is 31.8. The Balaban J connectivity index is 1.06. The van der Waals surface area contributed by atoms with Gasteiger partial charge in [-0.05, 0) is 89.2 Å². The Morgan fingerprint density at radius 1 is 1.04 bits per heavy atom. The number of aromatic carboxylic acids is 1. The second-order valence-corrected chi connectivity index (χ2v) is 14.0. The summed E-state index contributed by atoms with van der Waals surface area (Å²) in [6.45, 7) is 9.17. The van der Waals surface area contributed by atoms with Crippen LogP contribution in [0, 0.1) is 11.2 Å². The summed E-state index contributed by atoms with van der Waals surface area (Å²) in [5.74, 6) is -0.448. The van der Waals surface area contributed by atoms with Gasteiger partial charge in [-0.25, -0.2) is 14.2 Å². The number of aromatic nitrogens is 2. The van der Waals surface area contributed by atoms with E-state index in [-0.39, 0.29) is 16.8 Å². The molecule has 7 nitrogen and oxygen atoms in total. The fraction of sp³-hybridized carbons (Fsp3) is 0.297. The van der Waals surface area contributed by atoms with E-state index in [1.54, 1.807) is 23.6 Å². The largest absolute Gasteiger partial charge is 0.478 e. The Bertz CT molecular complexity index is 1920. The van der Waals surface area contributed by atoms with Crippen molar-refractivity contribution in [1.82, 2.24) is 14.9 Å². The lowest BCUT2D eigenvalue weighted by molar-refractivity contribution is 0.0694. The molecule has 1 fully saturated rings. The van der Waals surface area contributed by atoms with Crippen LogP contribution in [0.25, 0.3) is 27.7 Å². The highest BCUT2D eigenvalue weighted by Gasteiger charge is 2.30. The minimum Gasteiger partial charge on any atom is -0.478 e. The Morgan fingerprint density at radius 3 is 2.63 bits per heavy atom. The van der Waals surface area contributed by atoms with Crippen LogP contribution in [0.3, 0.4) is 0 Å². The first-order valence-corrected chi connectivity index (χ1v) is 16.6. The molecule has 0 atom stereocenters. The van der Waals surface area contributed by atoms with Crippen LogP contribution in [0.15, 0.2) is 84.0 Å². The zero-order valence-corrected chi connectivity index (χ0v) is 26.9. The predicted octanol–water partition coefficient (Wildman–Crippen LogP) is 8.71. The summed E-state index contributed by atoms with van der Waals surface area (Å²) in [4.78, 5) is 25.6. The van der Waals surface area contributed by atoms with Crippen molar-refractivity contribution in [3.63, 3.8) is 0 Å². The maximum absolute atomic E-state index is 13.5. The Kier molecular flexibility index (Phi) is 8.13. The van der Waals surface area contributed by atoms with Crippen molar-refractivity contribution in [2.24, 2.45) is 5.41 Å². The van der Waals surface area contributed by atoms with Gasteiger partial charge < -0.3 is 19.7 Å². The predicted molar refractivity (Wildman–Crippen MR) is 182 cm³/mol. The molecule has 236 valence electrons. The number of carbonyl (C=O) groups is 1. The molecule has 1 aliphatic carbocycles. The maximum atomic E-state index is 13.5. The van der Waals surface area contributed by atoms with E-state index in [1.807, 2.05) is 42.6 Å². The maximum Gasteiger partial charge on any atom is 0.339 e. The number of hydrogen-bond acceptors (Lipinski definition) is 6. The van der Waals surface area contributed by atoms with Crippen LogP contribution in [0.2, 0.25) is 0 Å². The third-order valence-electron chi connectivity index (χ3n) is 9.21. The van der Waals surface area contributed by atoms with E-state index in [0.29, 0.717) is 11.5 Å². The number of pyridine rings is 1. The van der Waals surface area contributed by atoms with Crippen molar-refractivity contribution >= 4 is 39.6 Å². The number of fused-ring (bicyclic) bond motifs is 1. The second-order valence-electron chi connectivity index (χ2n) is 13.1. The third-order valence-corrected chi connectivity index (χ3v) is 10.2. The SMILES string of the molecule is CC1(C)CCC(CN2CCN(c3ccc(C(=O)O)c(Oc4cnc5[nH]ccc5c4)c3)CC2)=C(c2cc(-c3ccc(F)cc3)cs2)C1. The van der Waals surface area contributed by atoms with Crippen LogP contribution in [0.4, 0.5) is 10.1 Å². The molecule has 0 unspecified atom stereocenters. The van der Waals surface area contributed by atoms with Crippen molar-refractivity contribution in [3.8, 4) is 22.6 Å². The van der Waals surface area contributed by atoms with Crippen LogP contribution in [0.5, 0.6) is 11.5 Å². The number of rotatable bonds is 8. The molecule has 9 heteroatoms. The number of halogens is 1. The average Bonchev–Trinajstić information content (AvgIpc) is 3.73. The van der Waals surface area contributed by atoms with Crippen LogP contribution >= 0.6 is 11.3 Å². The van der Waals surface area contributed by atoms with Gasteiger partial charge >= 0.3 is 5.97 Å². The number of ether oxygens (including phenoxy) is 1. The molecule has 0 spiro atoms. The van der Waals surface area contributed by atoms with Gasteiger partial charge in [0.05, 0.1) is 6.20 Å². The molecule has 0 radical (unpaired) electrons. The number of benzene rings is 2. The molecule has 1 aliphatic heterocycles. The average molecular weight is 637 g/mol. The number of aromatic amines is 1. The molecule has 5 aromatic rings. The summed E-state index contributed by atoms with van der Waals surface area (Å²) in [7, 11) is 0. The summed E-state index contributed by atoms with van der Waals surface area (Å²) in [5.41, 5.74) is 7.24. The van der Waals surface area contributed by atoms with Gasteiger partial charge in [-0.1, -0.05) is 31.6 Å². The standard InChI is InChI=1S/C37H37FN4O3S/c1-37(2)11-9-26(32(20-37)34-18-27(23-46-34)24-3-5-28(38)6-4-24)22-41-13-15-42(16-14-41)29-7-8-31(36(43)44)33(19-29)45-30-17-25-10-12-39-35(25)40-21-30/h3-8,10,12,17-19,21,23H,9,11,13-16,20,22H2,1-2H3,(H,39,40)(H,43,44). The van der Waals surface area contributed by atoms with Crippen molar-refractivity contribution in [1.29, 1.82) is 0 Å². The summed E-state index contributed by atoms with van der Waals surface area (Å²) < 4.78 is 19.6. The molecule has 2 N–H and O–H groups in total. The van der Waals surface area contributed by atoms with Gasteiger partial charge in [0.1, 0.15) is 28.5 Å². The lowest BCUT2D eigenvalue weighted by Crippen LogP contribution is -2.47. The lowest BCUT2D eigenvalue weighted by atomic mass is 9.73. The van der Waals surface area contributed by atoms with Crippen LogP contribution < -0.4 is 9.64 Å². The normalized spacial score (nSPS) is 17.1. The molecular formula is C37H37FN4O3S. The van der Waals surface area contributed by atoms with Gasteiger partial charge in [-0.3, -0.25) is 4.90 Å². The minimum absolute atomic E-state index is 0.118. The topological polar surface area (TPSA) is 81.7 Å². The summed E-state index contributed by atoms with van der Waals surface area (Å²) in [5, 5.41) is 12.9. The number of thiophene rings is 1. The van der Waals surface area contributed by atoms with E-state index in [1.165, 1.54) is 34.6 Å². The quantitative estimate of drug-likeness (QED) is 0.177. The lowest BCUT2D eigenvalue weighted by Gasteiger charge is -2.39. The Morgan fingerprint density at radius 2 is 1.85 bits per heavy atom. The second kappa shape index (κ2) is 12.4. The number of H-pyrrole nitrogens is 1. The molecule has 46 heavy (non-hydrogen) atoms. The number of carboxylic acids is 1. The van der Waals surface area contributed by atoms with E-state index in [2.05, 4.69) is 45.1 Å². The van der Waals surface area contributed by atoms with Crippen molar-refractivity contribution in [3.05, 3.63) is 100 Å². The monoisotopic (exact) mass is 636 g/mol.